The maximum atomic E-state index is 12.0. The molecule has 0 aliphatic heterocycles. The van der Waals surface area contributed by atoms with E-state index in [9.17, 15) is 9.90 Å². The molecule has 0 unspecified atom stereocenters. The van der Waals surface area contributed by atoms with E-state index >= 15 is 0 Å². The summed E-state index contributed by atoms with van der Waals surface area (Å²) < 4.78 is 0. The van der Waals surface area contributed by atoms with Crippen molar-refractivity contribution < 1.29 is 9.90 Å². The van der Waals surface area contributed by atoms with Crippen molar-refractivity contribution in [2.75, 3.05) is 6.61 Å². The second kappa shape index (κ2) is 17.3. The number of unbranched alkanes of at least 4 members (excludes halogenated alkanes) is 9. The Kier molecular flexibility index (Phi) is 16.8. The van der Waals surface area contributed by atoms with E-state index in [1.807, 2.05) is 0 Å². The van der Waals surface area contributed by atoms with Gasteiger partial charge in [-0.05, 0) is 12.3 Å². The summed E-state index contributed by atoms with van der Waals surface area (Å²) in [5.41, 5.74) is 0. The Morgan fingerprint density at radius 1 is 0.833 bits per heavy atom. The lowest BCUT2D eigenvalue weighted by Gasteiger charge is -2.17. The van der Waals surface area contributed by atoms with Crippen LogP contribution in [0.4, 0.5) is 0 Å². The molecule has 0 spiro atoms. The van der Waals surface area contributed by atoms with Crippen LogP contribution >= 0.6 is 0 Å². The number of aliphatic hydroxyl groups excluding tert-OH is 1. The monoisotopic (exact) mass is 341 g/mol. The normalized spacial score (nSPS) is 13.7. The molecule has 0 saturated carbocycles. The zero-order chi connectivity index (χ0) is 18.0. The second-order valence-electron chi connectivity index (χ2n) is 7.52. The van der Waals surface area contributed by atoms with Gasteiger partial charge in [-0.25, -0.2) is 0 Å². The van der Waals surface area contributed by atoms with E-state index < -0.39 is 0 Å². The summed E-state index contributed by atoms with van der Waals surface area (Å²) in [6.45, 7) is 6.61. The molecule has 2 atom stereocenters. The first kappa shape index (κ1) is 23.4. The van der Waals surface area contributed by atoms with Gasteiger partial charge in [-0.2, -0.15) is 0 Å². The predicted octanol–water partition coefficient (Wildman–Crippen LogP) is 5.60. The summed E-state index contributed by atoms with van der Waals surface area (Å²) in [7, 11) is 0. The lowest BCUT2D eigenvalue weighted by Crippen LogP contribution is -2.38. The summed E-state index contributed by atoms with van der Waals surface area (Å²) in [5.74, 6) is 0.550. The topological polar surface area (TPSA) is 49.3 Å². The molecule has 0 bridgehead atoms. The van der Waals surface area contributed by atoms with Crippen LogP contribution in [0.15, 0.2) is 0 Å². The summed E-state index contributed by atoms with van der Waals surface area (Å²) >= 11 is 0. The summed E-state index contributed by atoms with van der Waals surface area (Å²) in [6.07, 6.45) is 16.9. The van der Waals surface area contributed by atoms with Crippen LogP contribution in [0, 0.1) is 5.92 Å². The van der Waals surface area contributed by atoms with Gasteiger partial charge in [0.2, 0.25) is 5.91 Å². The highest BCUT2D eigenvalue weighted by atomic mass is 16.3. The fraction of sp³-hybridized carbons (Fsp3) is 0.952. The molecule has 0 aromatic heterocycles. The van der Waals surface area contributed by atoms with Crippen molar-refractivity contribution in [3.05, 3.63) is 0 Å². The molecule has 144 valence electrons. The zero-order valence-corrected chi connectivity index (χ0v) is 16.6. The minimum atomic E-state index is -0.0580. The van der Waals surface area contributed by atoms with Gasteiger partial charge in [0.1, 0.15) is 0 Å². The Hall–Kier alpha value is -0.570. The molecule has 3 heteroatoms. The van der Waals surface area contributed by atoms with Crippen LogP contribution < -0.4 is 5.32 Å². The van der Waals surface area contributed by atoms with Gasteiger partial charge in [0.15, 0.2) is 0 Å². The molecule has 24 heavy (non-hydrogen) atoms. The predicted molar refractivity (Wildman–Crippen MR) is 104 cm³/mol. The Bertz CT molecular complexity index is 281. The molecule has 0 heterocycles. The molecule has 2 N–H and O–H groups in total. The van der Waals surface area contributed by atoms with Crippen molar-refractivity contribution >= 4 is 5.91 Å². The fourth-order valence-electron chi connectivity index (χ4n) is 3.17. The third-order valence-corrected chi connectivity index (χ3v) is 4.83. The molecule has 0 rings (SSSR count). The van der Waals surface area contributed by atoms with Gasteiger partial charge in [0.05, 0.1) is 12.6 Å². The van der Waals surface area contributed by atoms with Gasteiger partial charge in [-0.3, -0.25) is 4.79 Å². The Balaban J connectivity index is 3.56. The van der Waals surface area contributed by atoms with Crippen molar-refractivity contribution in [2.24, 2.45) is 5.92 Å². The number of amides is 1. The summed E-state index contributed by atoms with van der Waals surface area (Å²) in [5, 5.41) is 12.3. The first-order valence-corrected chi connectivity index (χ1v) is 10.5. The van der Waals surface area contributed by atoms with Crippen LogP contribution in [0.1, 0.15) is 111 Å². The molecule has 0 radical (unpaired) electrons. The molecule has 0 aliphatic rings. The van der Waals surface area contributed by atoms with Crippen molar-refractivity contribution in [3.8, 4) is 0 Å². The molecule has 1 amide bonds. The highest BCUT2D eigenvalue weighted by molar-refractivity contribution is 5.76. The van der Waals surface area contributed by atoms with Crippen LogP contribution in [0.5, 0.6) is 0 Å². The molecule has 3 nitrogen and oxygen atoms in total. The van der Waals surface area contributed by atoms with E-state index in [0.717, 1.165) is 25.7 Å². The number of carbonyl (C=O) groups is 1. The Morgan fingerprint density at radius 3 is 1.92 bits per heavy atom. The highest BCUT2D eigenvalue weighted by Gasteiger charge is 2.13. The lowest BCUT2D eigenvalue weighted by atomic mass is 9.98. The van der Waals surface area contributed by atoms with Crippen molar-refractivity contribution in [2.45, 2.75) is 117 Å². The minimum Gasteiger partial charge on any atom is -0.394 e. The average Bonchev–Trinajstić information content (AvgIpc) is 2.57. The number of aliphatic hydroxyl groups is 1. The van der Waals surface area contributed by atoms with Crippen LogP contribution in [-0.4, -0.2) is 23.7 Å². The van der Waals surface area contributed by atoms with Crippen molar-refractivity contribution in [1.82, 2.24) is 5.32 Å². The number of hydrogen-bond acceptors (Lipinski definition) is 2. The summed E-state index contributed by atoms with van der Waals surface area (Å²) in [4.78, 5) is 12.0. The van der Waals surface area contributed by atoms with E-state index in [1.54, 1.807) is 0 Å². The van der Waals surface area contributed by atoms with Gasteiger partial charge < -0.3 is 10.4 Å². The molecule has 0 aromatic rings. The van der Waals surface area contributed by atoms with E-state index in [1.165, 1.54) is 57.8 Å². The first-order valence-electron chi connectivity index (χ1n) is 10.5. The smallest absolute Gasteiger partial charge is 0.220 e. The van der Waals surface area contributed by atoms with Gasteiger partial charge >= 0.3 is 0 Å². The van der Waals surface area contributed by atoms with Gasteiger partial charge in [-0.1, -0.05) is 97.8 Å². The first-order chi connectivity index (χ1) is 11.6. The zero-order valence-electron chi connectivity index (χ0n) is 16.6. The van der Waals surface area contributed by atoms with E-state index in [-0.39, 0.29) is 18.6 Å². The molecule has 0 aliphatic carbocycles. The second-order valence-corrected chi connectivity index (χ2v) is 7.52. The largest absolute Gasteiger partial charge is 0.394 e. The maximum Gasteiger partial charge on any atom is 0.220 e. The number of rotatable bonds is 17. The van der Waals surface area contributed by atoms with Crippen LogP contribution in [0.3, 0.4) is 0 Å². The summed E-state index contributed by atoms with van der Waals surface area (Å²) in [6, 6.07) is -0.0580. The quantitative estimate of drug-likeness (QED) is 0.338. The lowest BCUT2D eigenvalue weighted by molar-refractivity contribution is -0.123. The van der Waals surface area contributed by atoms with Crippen molar-refractivity contribution in [3.63, 3.8) is 0 Å². The Morgan fingerprint density at radius 2 is 1.38 bits per heavy atom. The van der Waals surface area contributed by atoms with Crippen LogP contribution in [-0.2, 0) is 4.79 Å². The molecule has 0 aromatic carbocycles. The number of carbonyl (C=O) groups excluding carboxylic acids is 1. The van der Waals surface area contributed by atoms with Crippen LogP contribution in [0.25, 0.3) is 0 Å². The molecule has 0 fully saturated rings. The molecule has 0 saturated heterocycles. The standard InChI is InChI=1S/C21H43NO2/c1-4-6-8-9-10-11-12-13-14-15-19(3)17-21(24)22-20(18-23)16-7-5-2/h19-20,23H,4-18H2,1-3H3,(H,22,24)/t19-,20-/m1/s1. The minimum absolute atomic E-state index is 0.0539. The average molecular weight is 342 g/mol. The van der Waals surface area contributed by atoms with E-state index in [2.05, 4.69) is 26.1 Å². The SMILES string of the molecule is CCCCCCCCCCC[C@@H](C)CC(=O)N[C@@H](CO)CCCC. The maximum absolute atomic E-state index is 12.0. The van der Waals surface area contributed by atoms with Crippen LogP contribution in [0.2, 0.25) is 0 Å². The Labute approximate surface area is 151 Å². The highest BCUT2D eigenvalue weighted by Crippen LogP contribution is 2.15. The number of nitrogens with one attached hydrogen (secondary N) is 1. The van der Waals surface area contributed by atoms with Gasteiger partial charge in [0.25, 0.3) is 0 Å². The molecular formula is C21H43NO2. The van der Waals surface area contributed by atoms with E-state index in [0.29, 0.717) is 12.3 Å². The third-order valence-electron chi connectivity index (χ3n) is 4.83. The third kappa shape index (κ3) is 15.0. The van der Waals surface area contributed by atoms with Gasteiger partial charge in [0, 0.05) is 6.42 Å². The number of hydrogen-bond donors (Lipinski definition) is 2. The van der Waals surface area contributed by atoms with E-state index in [4.69, 9.17) is 0 Å². The van der Waals surface area contributed by atoms with Gasteiger partial charge in [-0.15, -0.1) is 0 Å². The fourth-order valence-corrected chi connectivity index (χ4v) is 3.17. The molecular weight excluding hydrogens is 298 g/mol. The van der Waals surface area contributed by atoms with Crippen molar-refractivity contribution in [1.29, 1.82) is 0 Å².